The van der Waals surface area contributed by atoms with Crippen molar-refractivity contribution in [1.29, 1.82) is 0 Å². The summed E-state index contributed by atoms with van der Waals surface area (Å²) in [5.41, 5.74) is 1.78. The minimum atomic E-state index is 0.887. The summed E-state index contributed by atoms with van der Waals surface area (Å²) in [7, 11) is 0. The molecule has 0 N–H and O–H groups in total. The van der Waals surface area contributed by atoms with Crippen molar-refractivity contribution in [2.24, 2.45) is 17.8 Å². The van der Waals surface area contributed by atoms with Crippen LogP contribution in [-0.4, -0.2) is 0 Å². The van der Waals surface area contributed by atoms with Gasteiger partial charge in [-0.05, 0) is 49.9 Å². The summed E-state index contributed by atoms with van der Waals surface area (Å²) >= 11 is 0. The number of allylic oxidation sites excluding steroid dienone is 4. The summed E-state index contributed by atoms with van der Waals surface area (Å²) in [4.78, 5) is 0. The minimum Gasteiger partial charge on any atom is -0.0845 e. The van der Waals surface area contributed by atoms with Gasteiger partial charge in [0.05, 0.1) is 0 Å². The van der Waals surface area contributed by atoms with Crippen LogP contribution >= 0.6 is 0 Å². The Balaban J connectivity index is 2.20. The van der Waals surface area contributed by atoms with Gasteiger partial charge in [0.25, 0.3) is 0 Å². The Labute approximate surface area is 101 Å². The minimum absolute atomic E-state index is 0.887. The van der Waals surface area contributed by atoms with Crippen molar-refractivity contribution >= 4 is 0 Å². The first-order chi connectivity index (χ1) is 7.86. The first kappa shape index (κ1) is 12.0. The van der Waals surface area contributed by atoms with E-state index in [1.54, 1.807) is 5.57 Å². The standard InChI is InChI=1S/C16H26/c1-3-13-12-14(4-2)16-11-9-7-5-6-8-10-15(13)16/h6,8,10,13-14,16H,3-5,7,9,11-12H2,1-2H3. The predicted octanol–water partition coefficient (Wildman–Crippen LogP) is 5.12. The van der Waals surface area contributed by atoms with Gasteiger partial charge < -0.3 is 0 Å². The maximum absolute atomic E-state index is 2.46. The van der Waals surface area contributed by atoms with Crippen LogP contribution in [0, 0.1) is 17.8 Å². The fourth-order valence-corrected chi connectivity index (χ4v) is 3.66. The second-order valence-corrected chi connectivity index (χ2v) is 5.49. The van der Waals surface area contributed by atoms with Crippen LogP contribution < -0.4 is 0 Å². The Bertz CT molecular complexity index is 272. The molecule has 0 heterocycles. The van der Waals surface area contributed by atoms with Crippen molar-refractivity contribution in [2.45, 2.75) is 58.8 Å². The van der Waals surface area contributed by atoms with Crippen LogP contribution in [0.25, 0.3) is 0 Å². The molecule has 0 saturated heterocycles. The predicted molar refractivity (Wildman–Crippen MR) is 71.4 cm³/mol. The molecular weight excluding hydrogens is 192 g/mol. The van der Waals surface area contributed by atoms with Crippen molar-refractivity contribution in [3.05, 3.63) is 23.8 Å². The highest BCUT2D eigenvalue weighted by Gasteiger charge is 2.35. The molecule has 0 amide bonds. The molecule has 90 valence electrons. The summed E-state index contributed by atoms with van der Waals surface area (Å²) < 4.78 is 0. The zero-order valence-corrected chi connectivity index (χ0v) is 10.9. The highest BCUT2D eigenvalue weighted by Crippen LogP contribution is 2.46. The number of hydrogen-bond donors (Lipinski definition) is 0. The molecule has 2 rings (SSSR count). The molecule has 0 aliphatic heterocycles. The van der Waals surface area contributed by atoms with E-state index in [1.807, 2.05) is 0 Å². The molecule has 0 spiro atoms. The van der Waals surface area contributed by atoms with Crippen molar-refractivity contribution in [3.63, 3.8) is 0 Å². The fraction of sp³-hybridized carbons (Fsp3) is 0.750. The molecule has 0 aromatic carbocycles. The average molecular weight is 218 g/mol. The summed E-state index contributed by atoms with van der Waals surface area (Å²) in [6, 6.07) is 0. The zero-order chi connectivity index (χ0) is 11.4. The zero-order valence-electron chi connectivity index (χ0n) is 10.9. The van der Waals surface area contributed by atoms with E-state index in [9.17, 15) is 0 Å². The summed E-state index contributed by atoms with van der Waals surface area (Å²) in [5, 5.41) is 0. The lowest BCUT2D eigenvalue weighted by atomic mass is 9.86. The first-order valence-electron chi connectivity index (χ1n) is 7.23. The SMILES string of the molecule is CCC1CC(CC)C2CCCCC=CC=C12. The van der Waals surface area contributed by atoms with Crippen LogP contribution in [-0.2, 0) is 0 Å². The van der Waals surface area contributed by atoms with Crippen LogP contribution in [0.15, 0.2) is 23.8 Å². The molecule has 16 heavy (non-hydrogen) atoms. The Morgan fingerprint density at radius 3 is 2.81 bits per heavy atom. The first-order valence-corrected chi connectivity index (χ1v) is 7.23. The van der Waals surface area contributed by atoms with Gasteiger partial charge in [-0.1, -0.05) is 50.5 Å². The lowest BCUT2D eigenvalue weighted by molar-refractivity contribution is 0.370. The molecule has 2 aliphatic carbocycles. The maximum atomic E-state index is 2.46. The number of hydrogen-bond acceptors (Lipinski definition) is 0. The third-order valence-corrected chi connectivity index (χ3v) is 4.63. The molecule has 0 nitrogen and oxygen atoms in total. The van der Waals surface area contributed by atoms with Gasteiger partial charge in [-0.15, -0.1) is 0 Å². The maximum Gasteiger partial charge on any atom is -0.0169 e. The molecule has 2 aliphatic rings. The van der Waals surface area contributed by atoms with Crippen LogP contribution in [0.5, 0.6) is 0 Å². The quantitative estimate of drug-likeness (QED) is 0.604. The van der Waals surface area contributed by atoms with Gasteiger partial charge in [0.1, 0.15) is 0 Å². The van der Waals surface area contributed by atoms with E-state index in [0.717, 1.165) is 17.8 Å². The lowest BCUT2D eigenvalue weighted by Crippen LogP contribution is -2.08. The molecule has 0 radical (unpaired) electrons. The van der Waals surface area contributed by atoms with Gasteiger partial charge in [-0.3, -0.25) is 0 Å². The second-order valence-electron chi connectivity index (χ2n) is 5.49. The third-order valence-electron chi connectivity index (χ3n) is 4.63. The van der Waals surface area contributed by atoms with Gasteiger partial charge >= 0.3 is 0 Å². The highest BCUT2D eigenvalue weighted by atomic mass is 14.4. The van der Waals surface area contributed by atoms with Crippen LogP contribution in [0.4, 0.5) is 0 Å². The summed E-state index contributed by atoms with van der Waals surface area (Å²) in [6.07, 6.45) is 16.9. The van der Waals surface area contributed by atoms with Crippen molar-refractivity contribution in [1.82, 2.24) is 0 Å². The Morgan fingerprint density at radius 2 is 2.06 bits per heavy atom. The third kappa shape index (κ3) is 2.42. The molecule has 0 heteroatoms. The van der Waals surface area contributed by atoms with E-state index in [-0.39, 0.29) is 0 Å². The van der Waals surface area contributed by atoms with Gasteiger partial charge in [0, 0.05) is 0 Å². The largest absolute Gasteiger partial charge is 0.0845 e. The molecule has 3 unspecified atom stereocenters. The Hall–Kier alpha value is -0.520. The Morgan fingerprint density at radius 1 is 1.19 bits per heavy atom. The normalized spacial score (nSPS) is 34.9. The topological polar surface area (TPSA) is 0 Å². The van der Waals surface area contributed by atoms with E-state index < -0.39 is 0 Å². The van der Waals surface area contributed by atoms with E-state index in [2.05, 4.69) is 32.1 Å². The van der Waals surface area contributed by atoms with Crippen LogP contribution in [0.3, 0.4) is 0 Å². The molecule has 0 bridgehead atoms. The summed E-state index contributed by atoms with van der Waals surface area (Å²) in [5.74, 6) is 2.78. The molecular formula is C16H26. The molecule has 0 aromatic rings. The van der Waals surface area contributed by atoms with Gasteiger partial charge in [-0.2, -0.15) is 0 Å². The molecule has 1 saturated carbocycles. The van der Waals surface area contributed by atoms with E-state index in [0.29, 0.717) is 0 Å². The smallest absolute Gasteiger partial charge is 0.0169 e. The van der Waals surface area contributed by atoms with Crippen molar-refractivity contribution < 1.29 is 0 Å². The number of rotatable bonds is 2. The molecule has 3 atom stereocenters. The lowest BCUT2D eigenvalue weighted by Gasteiger charge is -2.19. The van der Waals surface area contributed by atoms with Crippen LogP contribution in [0.2, 0.25) is 0 Å². The average Bonchev–Trinajstić information content (AvgIpc) is 2.69. The van der Waals surface area contributed by atoms with E-state index >= 15 is 0 Å². The molecule has 1 fully saturated rings. The summed E-state index contributed by atoms with van der Waals surface area (Å²) in [6.45, 7) is 4.74. The van der Waals surface area contributed by atoms with Crippen molar-refractivity contribution in [2.75, 3.05) is 0 Å². The molecule has 0 aromatic heterocycles. The van der Waals surface area contributed by atoms with Crippen LogP contribution in [0.1, 0.15) is 58.8 Å². The van der Waals surface area contributed by atoms with E-state index in [1.165, 1.54) is 44.9 Å². The Kier molecular flexibility index (Phi) is 4.26. The van der Waals surface area contributed by atoms with Gasteiger partial charge in [0.2, 0.25) is 0 Å². The monoisotopic (exact) mass is 218 g/mol. The number of fused-ring (bicyclic) bond motifs is 1. The highest BCUT2D eigenvalue weighted by molar-refractivity contribution is 5.23. The van der Waals surface area contributed by atoms with E-state index in [4.69, 9.17) is 0 Å². The fourth-order valence-electron chi connectivity index (χ4n) is 3.66. The van der Waals surface area contributed by atoms with Gasteiger partial charge in [0.15, 0.2) is 0 Å². The van der Waals surface area contributed by atoms with Crippen molar-refractivity contribution in [3.8, 4) is 0 Å². The second kappa shape index (κ2) is 5.70. The van der Waals surface area contributed by atoms with Gasteiger partial charge in [-0.25, -0.2) is 0 Å².